The third kappa shape index (κ3) is 4.24. The predicted octanol–water partition coefficient (Wildman–Crippen LogP) is 3.72. The molecule has 0 unspecified atom stereocenters. The number of thiophene rings is 1. The summed E-state index contributed by atoms with van der Waals surface area (Å²) in [6, 6.07) is 6.21. The Morgan fingerprint density at radius 1 is 1.36 bits per heavy atom. The average molecular weight is 375 g/mol. The fourth-order valence-electron chi connectivity index (χ4n) is 2.02. The van der Waals surface area contributed by atoms with Gasteiger partial charge in [0.05, 0.1) is 26.7 Å². The summed E-state index contributed by atoms with van der Waals surface area (Å²) in [6.45, 7) is 1.73. The molecule has 0 radical (unpaired) electrons. The topological polar surface area (TPSA) is 66.9 Å². The van der Waals surface area contributed by atoms with Crippen molar-refractivity contribution in [1.29, 1.82) is 0 Å². The number of carbonyl (C=O) groups excluding carboxylic acids is 1. The second-order valence-electron chi connectivity index (χ2n) is 5.01. The van der Waals surface area contributed by atoms with E-state index in [1.165, 1.54) is 36.7 Å². The van der Waals surface area contributed by atoms with E-state index in [-0.39, 0.29) is 17.5 Å². The number of halogens is 2. The van der Waals surface area contributed by atoms with Crippen molar-refractivity contribution in [3.05, 3.63) is 46.3 Å². The smallest absolute Gasteiger partial charge is 0.217 e. The molecule has 2 N–H and O–H groups in total. The van der Waals surface area contributed by atoms with Gasteiger partial charge in [0.15, 0.2) is 5.82 Å². The quantitative estimate of drug-likeness (QED) is 0.686. The molecule has 0 aliphatic carbocycles. The van der Waals surface area contributed by atoms with Crippen molar-refractivity contribution in [2.75, 3.05) is 11.9 Å². The van der Waals surface area contributed by atoms with Gasteiger partial charge in [-0.05, 0) is 24.3 Å². The highest BCUT2D eigenvalue weighted by Crippen LogP contribution is 2.31. The number of nitrogens with zero attached hydrogens (tertiary/aromatic N) is 2. The lowest BCUT2D eigenvalue weighted by Crippen LogP contribution is -2.19. The van der Waals surface area contributed by atoms with Crippen LogP contribution in [0.15, 0.2) is 30.6 Å². The van der Waals surface area contributed by atoms with Crippen LogP contribution in [0.1, 0.15) is 11.8 Å². The molecule has 126 valence electrons. The molecule has 1 aromatic carbocycles. The Morgan fingerprint density at radius 2 is 2.20 bits per heavy atom. The van der Waals surface area contributed by atoms with Crippen LogP contribution in [-0.2, 0) is 4.79 Å². The maximum atomic E-state index is 13.3. The summed E-state index contributed by atoms with van der Waals surface area (Å²) in [5.74, 6) is 5.85. The molecule has 2 heterocycles. The number of rotatable bonds is 3. The van der Waals surface area contributed by atoms with E-state index in [4.69, 9.17) is 11.6 Å². The van der Waals surface area contributed by atoms with Gasteiger partial charge in [0.2, 0.25) is 5.91 Å². The SMILES string of the molecule is CC(=O)NCC#Cc1cc2ncnc(Nc3ccc(F)c(Cl)c3)c2s1. The Morgan fingerprint density at radius 3 is 2.96 bits per heavy atom. The van der Waals surface area contributed by atoms with E-state index in [1.54, 1.807) is 6.07 Å². The zero-order valence-electron chi connectivity index (χ0n) is 13.1. The molecule has 5 nitrogen and oxygen atoms in total. The Labute approximate surface area is 152 Å². The molecule has 0 spiro atoms. The summed E-state index contributed by atoms with van der Waals surface area (Å²) in [7, 11) is 0. The number of amides is 1. The van der Waals surface area contributed by atoms with E-state index in [9.17, 15) is 9.18 Å². The van der Waals surface area contributed by atoms with Crippen LogP contribution in [0.3, 0.4) is 0 Å². The van der Waals surface area contributed by atoms with Gasteiger partial charge in [-0.2, -0.15) is 0 Å². The molecular weight excluding hydrogens is 363 g/mol. The number of carbonyl (C=O) groups is 1. The van der Waals surface area contributed by atoms with Crippen molar-refractivity contribution in [3.8, 4) is 11.8 Å². The molecule has 25 heavy (non-hydrogen) atoms. The zero-order chi connectivity index (χ0) is 17.8. The minimum Gasteiger partial charge on any atom is -0.345 e. The molecule has 0 bridgehead atoms. The first-order valence-electron chi connectivity index (χ1n) is 7.23. The van der Waals surface area contributed by atoms with E-state index in [0.29, 0.717) is 11.5 Å². The highest BCUT2D eigenvalue weighted by Gasteiger charge is 2.09. The number of hydrogen-bond acceptors (Lipinski definition) is 5. The summed E-state index contributed by atoms with van der Waals surface area (Å²) >= 11 is 7.23. The fraction of sp³-hybridized carbons (Fsp3) is 0.118. The van der Waals surface area contributed by atoms with Gasteiger partial charge >= 0.3 is 0 Å². The van der Waals surface area contributed by atoms with E-state index in [1.807, 2.05) is 6.07 Å². The van der Waals surface area contributed by atoms with Gasteiger partial charge in [0, 0.05) is 12.6 Å². The van der Waals surface area contributed by atoms with Crippen molar-refractivity contribution in [1.82, 2.24) is 15.3 Å². The second-order valence-corrected chi connectivity index (χ2v) is 6.47. The van der Waals surface area contributed by atoms with Gasteiger partial charge < -0.3 is 10.6 Å². The third-order valence-corrected chi connectivity index (χ3v) is 4.47. The lowest BCUT2D eigenvalue weighted by molar-refractivity contribution is -0.118. The van der Waals surface area contributed by atoms with E-state index in [0.717, 1.165) is 15.1 Å². The zero-order valence-corrected chi connectivity index (χ0v) is 14.6. The van der Waals surface area contributed by atoms with Gasteiger partial charge in [-0.3, -0.25) is 4.79 Å². The lowest BCUT2D eigenvalue weighted by Gasteiger charge is -2.06. The normalized spacial score (nSPS) is 10.2. The number of nitrogens with one attached hydrogen (secondary N) is 2. The summed E-state index contributed by atoms with van der Waals surface area (Å²) in [6.07, 6.45) is 1.44. The van der Waals surface area contributed by atoms with Crippen molar-refractivity contribution < 1.29 is 9.18 Å². The second kappa shape index (κ2) is 7.47. The van der Waals surface area contributed by atoms with E-state index >= 15 is 0 Å². The Bertz CT molecular complexity index is 1010. The molecule has 0 atom stereocenters. The summed E-state index contributed by atoms with van der Waals surface area (Å²) in [5, 5.41) is 5.76. The Hall–Kier alpha value is -2.69. The first-order valence-corrected chi connectivity index (χ1v) is 8.42. The Kier molecular flexibility index (Phi) is 5.12. The molecule has 2 aromatic heterocycles. The molecule has 8 heteroatoms. The van der Waals surface area contributed by atoms with Crippen LogP contribution in [0, 0.1) is 17.7 Å². The van der Waals surface area contributed by atoms with E-state index in [2.05, 4.69) is 32.4 Å². The predicted molar refractivity (Wildman–Crippen MR) is 97.7 cm³/mol. The third-order valence-electron chi connectivity index (χ3n) is 3.13. The van der Waals surface area contributed by atoms with Crippen LogP contribution in [0.2, 0.25) is 5.02 Å². The van der Waals surface area contributed by atoms with Crippen LogP contribution < -0.4 is 10.6 Å². The highest BCUT2D eigenvalue weighted by molar-refractivity contribution is 7.20. The van der Waals surface area contributed by atoms with Crippen LogP contribution in [-0.4, -0.2) is 22.4 Å². The number of aromatic nitrogens is 2. The molecule has 0 saturated heterocycles. The van der Waals surface area contributed by atoms with Crippen LogP contribution >= 0.6 is 22.9 Å². The number of fused-ring (bicyclic) bond motifs is 1. The summed E-state index contributed by atoms with van der Waals surface area (Å²) in [5.41, 5.74) is 1.37. The molecule has 0 aliphatic rings. The lowest BCUT2D eigenvalue weighted by atomic mass is 10.3. The summed E-state index contributed by atoms with van der Waals surface area (Å²) < 4.78 is 14.1. The molecule has 3 rings (SSSR count). The van der Waals surface area contributed by atoms with Gasteiger partial charge in [-0.25, -0.2) is 14.4 Å². The summed E-state index contributed by atoms with van der Waals surface area (Å²) in [4.78, 5) is 20.1. The standard InChI is InChI=1S/C17H12ClFN4OS/c1-10(24)20-6-2-3-12-8-15-16(25-12)17(22-9-21-15)23-11-4-5-14(19)13(18)7-11/h4-5,7-9H,6H2,1H3,(H,20,24)(H,21,22,23). The first-order chi connectivity index (χ1) is 12.0. The van der Waals surface area contributed by atoms with Gasteiger partial charge in [0.25, 0.3) is 0 Å². The number of anilines is 2. The van der Waals surface area contributed by atoms with Crippen molar-refractivity contribution >= 4 is 50.6 Å². The monoisotopic (exact) mass is 374 g/mol. The molecule has 1 amide bonds. The fourth-order valence-corrected chi connectivity index (χ4v) is 3.13. The van der Waals surface area contributed by atoms with Crippen LogP contribution in [0.5, 0.6) is 0 Å². The minimum atomic E-state index is -0.479. The molecule has 0 fully saturated rings. The average Bonchev–Trinajstić information content (AvgIpc) is 2.99. The van der Waals surface area contributed by atoms with Gasteiger partial charge in [-0.15, -0.1) is 11.3 Å². The van der Waals surface area contributed by atoms with Crippen LogP contribution in [0.25, 0.3) is 10.2 Å². The van der Waals surface area contributed by atoms with Gasteiger partial charge in [0.1, 0.15) is 12.1 Å². The molecule has 0 aliphatic heterocycles. The molecular formula is C17H12ClFN4OS. The van der Waals surface area contributed by atoms with Crippen molar-refractivity contribution in [3.63, 3.8) is 0 Å². The first kappa shape index (κ1) is 17.1. The number of hydrogen-bond donors (Lipinski definition) is 2. The largest absolute Gasteiger partial charge is 0.345 e. The van der Waals surface area contributed by atoms with Crippen LogP contribution in [0.4, 0.5) is 15.9 Å². The Balaban J connectivity index is 1.86. The maximum Gasteiger partial charge on any atom is 0.217 e. The minimum absolute atomic E-state index is 0.0333. The van der Waals surface area contributed by atoms with Crippen molar-refractivity contribution in [2.45, 2.75) is 6.92 Å². The maximum absolute atomic E-state index is 13.3. The molecule has 3 aromatic rings. The van der Waals surface area contributed by atoms with Crippen molar-refractivity contribution in [2.24, 2.45) is 0 Å². The molecule has 0 saturated carbocycles. The van der Waals surface area contributed by atoms with Gasteiger partial charge in [-0.1, -0.05) is 23.4 Å². The highest BCUT2D eigenvalue weighted by atomic mass is 35.5. The van der Waals surface area contributed by atoms with E-state index < -0.39 is 5.82 Å². The number of benzene rings is 1.